The van der Waals surface area contributed by atoms with Gasteiger partial charge in [0.05, 0.1) is 6.04 Å². The molecule has 0 N–H and O–H groups in total. The van der Waals surface area contributed by atoms with Gasteiger partial charge in [0.1, 0.15) is 0 Å². The third-order valence-corrected chi connectivity index (χ3v) is 3.05. The quantitative estimate of drug-likeness (QED) is 0.426. The first-order chi connectivity index (χ1) is 5.90. The molecule has 3 nitrogen and oxygen atoms in total. The van der Waals surface area contributed by atoms with Gasteiger partial charge in [-0.1, -0.05) is 0 Å². The van der Waals surface area contributed by atoms with Crippen molar-refractivity contribution < 1.29 is 4.79 Å². The number of rotatable bonds is 1. The van der Waals surface area contributed by atoms with Gasteiger partial charge < -0.3 is 4.90 Å². The average molecular weight is 166 g/mol. The van der Waals surface area contributed by atoms with E-state index in [9.17, 15) is 4.79 Å². The smallest absolute Gasteiger partial charge is 0.235 e. The molecule has 2 saturated heterocycles. The first kappa shape index (κ1) is 7.96. The number of hydrogen-bond acceptors (Lipinski definition) is 3. The Morgan fingerprint density at radius 2 is 2.25 bits per heavy atom. The standard InChI is InChI=1S/C9H14N2O/c12-7-10-9-3-5-11-4-1-2-8(9)6-11/h8-9H,1-6H2. The molecule has 0 radical (unpaired) electrons. The molecule has 3 heteroatoms. The van der Waals surface area contributed by atoms with E-state index >= 15 is 0 Å². The van der Waals surface area contributed by atoms with Gasteiger partial charge in [0.2, 0.25) is 6.08 Å². The van der Waals surface area contributed by atoms with Gasteiger partial charge in [-0.25, -0.2) is 9.79 Å². The minimum atomic E-state index is 0.277. The molecule has 2 aliphatic heterocycles. The van der Waals surface area contributed by atoms with Crippen LogP contribution < -0.4 is 0 Å². The zero-order chi connectivity index (χ0) is 8.39. The number of carbonyl (C=O) groups excluding carboxylic acids is 1. The van der Waals surface area contributed by atoms with E-state index in [1.54, 1.807) is 6.08 Å². The largest absolute Gasteiger partial charge is 0.303 e. The monoisotopic (exact) mass is 166 g/mol. The maximum absolute atomic E-state index is 10.1. The van der Waals surface area contributed by atoms with Crippen molar-refractivity contribution >= 4 is 6.08 Å². The highest BCUT2D eigenvalue weighted by atomic mass is 16.1. The fourth-order valence-electron chi connectivity index (χ4n) is 2.40. The molecule has 2 heterocycles. The van der Waals surface area contributed by atoms with Crippen LogP contribution in [0.1, 0.15) is 19.3 Å². The predicted octanol–water partition coefficient (Wildman–Crippen LogP) is 0.806. The van der Waals surface area contributed by atoms with Crippen molar-refractivity contribution in [1.29, 1.82) is 0 Å². The summed E-state index contributed by atoms with van der Waals surface area (Å²) in [6.07, 6.45) is 5.27. The highest BCUT2D eigenvalue weighted by Crippen LogP contribution is 2.28. The molecule has 2 fully saturated rings. The molecule has 3 atom stereocenters. The second kappa shape index (κ2) is 3.38. The number of piperidine rings is 2. The summed E-state index contributed by atoms with van der Waals surface area (Å²) < 4.78 is 0. The lowest BCUT2D eigenvalue weighted by atomic mass is 9.85. The first-order valence-corrected chi connectivity index (χ1v) is 4.69. The Balaban J connectivity index is 2.03. The van der Waals surface area contributed by atoms with E-state index < -0.39 is 0 Å². The van der Waals surface area contributed by atoms with Crippen molar-refractivity contribution in [2.24, 2.45) is 10.9 Å². The van der Waals surface area contributed by atoms with Crippen LogP contribution in [0.3, 0.4) is 0 Å². The van der Waals surface area contributed by atoms with Crippen LogP contribution in [0.25, 0.3) is 0 Å². The molecule has 0 amide bonds. The van der Waals surface area contributed by atoms with E-state index in [4.69, 9.17) is 0 Å². The number of nitrogens with zero attached hydrogens (tertiary/aromatic N) is 2. The summed E-state index contributed by atoms with van der Waals surface area (Å²) in [5.41, 5.74) is 0. The second-order valence-electron chi connectivity index (χ2n) is 3.78. The summed E-state index contributed by atoms with van der Waals surface area (Å²) in [5.74, 6) is 0.633. The van der Waals surface area contributed by atoms with Gasteiger partial charge in [0.25, 0.3) is 0 Å². The van der Waals surface area contributed by atoms with Gasteiger partial charge in [-0.3, -0.25) is 0 Å². The summed E-state index contributed by atoms with van der Waals surface area (Å²) in [6, 6.07) is 0.277. The lowest BCUT2D eigenvalue weighted by Crippen LogP contribution is -2.46. The van der Waals surface area contributed by atoms with Gasteiger partial charge in [0, 0.05) is 13.1 Å². The lowest BCUT2D eigenvalue weighted by molar-refractivity contribution is 0.108. The van der Waals surface area contributed by atoms with E-state index in [1.807, 2.05) is 0 Å². The average Bonchev–Trinajstić information content (AvgIpc) is 2.11. The van der Waals surface area contributed by atoms with Crippen molar-refractivity contribution in [3.63, 3.8) is 0 Å². The van der Waals surface area contributed by atoms with Gasteiger partial charge in [0.15, 0.2) is 0 Å². The third kappa shape index (κ3) is 1.43. The van der Waals surface area contributed by atoms with Gasteiger partial charge in [-0.05, 0) is 31.7 Å². The molecular weight excluding hydrogens is 152 g/mol. The van der Waals surface area contributed by atoms with Crippen molar-refractivity contribution in [1.82, 2.24) is 4.90 Å². The zero-order valence-corrected chi connectivity index (χ0v) is 7.20. The Bertz CT molecular complexity index is 211. The molecule has 2 aliphatic rings. The van der Waals surface area contributed by atoms with Crippen LogP contribution in [-0.2, 0) is 4.79 Å². The Hall–Kier alpha value is -0.660. The maximum Gasteiger partial charge on any atom is 0.235 e. The van der Waals surface area contributed by atoms with E-state index in [-0.39, 0.29) is 6.04 Å². The molecular formula is C9H14N2O. The SMILES string of the molecule is O=C=NC1CCN2CCCC1C2. The number of isocyanates is 1. The van der Waals surface area contributed by atoms with Gasteiger partial charge in [-0.15, -0.1) is 0 Å². The van der Waals surface area contributed by atoms with Crippen LogP contribution in [0.2, 0.25) is 0 Å². The zero-order valence-electron chi connectivity index (χ0n) is 7.20. The van der Waals surface area contributed by atoms with Crippen molar-refractivity contribution in [3.8, 4) is 0 Å². The van der Waals surface area contributed by atoms with E-state index in [0.29, 0.717) is 5.92 Å². The van der Waals surface area contributed by atoms with Crippen LogP contribution in [-0.4, -0.2) is 36.7 Å². The van der Waals surface area contributed by atoms with E-state index in [2.05, 4.69) is 9.89 Å². The number of hydrogen-bond donors (Lipinski definition) is 0. The summed E-state index contributed by atoms with van der Waals surface area (Å²) in [4.78, 5) is 16.5. The summed E-state index contributed by atoms with van der Waals surface area (Å²) in [6.45, 7) is 3.51. The Morgan fingerprint density at radius 3 is 3.08 bits per heavy atom. The number of aliphatic imine (C=N–C) groups is 1. The van der Waals surface area contributed by atoms with Crippen molar-refractivity contribution in [3.05, 3.63) is 0 Å². The minimum absolute atomic E-state index is 0.277. The van der Waals surface area contributed by atoms with Gasteiger partial charge in [-0.2, -0.15) is 0 Å². The van der Waals surface area contributed by atoms with Crippen LogP contribution in [0.15, 0.2) is 4.99 Å². The van der Waals surface area contributed by atoms with Crippen molar-refractivity contribution in [2.45, 2.75) is 25.3 Å². The molecule has 12 heavy (non-hydrogen) atoms. The van der Waals surface area contributed by atoms with Crippen molar-refractivity contribution in [2.75, 3.05) is 19.6 Å². The van der Waals surface area contributed by atoms with Crippen LogP contribution in [0.4, 0.5) is 0 Å². The third-order valence-electron chi connectivity index (χ3n) is 3.05. The topological polar surface area (TPSA) is 32.7 Å². The first-order valence-electron chi connectivity index (χ1n) is 4.69. The van der Waals surface area contributed by atoms with Crippen LogP contribution in [0, 0.1) is 5.92 Å². The minimum Gasteiger partial charge on any atom is -0.303 e. The molecule has 0 aliphatic carbocycles. The normalized spacial score (nSPS) is 40.2. The van der Waals surface area contributed by atoms with Crippen LogP contribution in [0.5, 0.6) is 0 Å². The fraction of sp³-hybridized carbons (Fsp3) is 0.889. The van der Waals surface area contributed by atoms with Crippen LogP contribution >= 0.6 is 0 Å². The second-order valence-corrected chi connectivity index (χ2v) is 3.78. The number of fused-ring (bicyclic) bond motifs is 2. The molecule has 2 bridgehead atoms. The molecule has 3 unspecified atom stereocenters. The molecule has 0 spiro atoms. The maximum atomic E-state index is 10.1. The fourth-order valence-corrected chi connectivity index (χ4v) is 2.40. The van der Waals surface area contributed by atoms with E-state index in [1.165, 1.54) is 19.4 Å². The van der Waals surface area contributed by atoms with E-state index in [0.717, 1.165) is 19.5 Å². The Labute approximate surface area is 72.5 Å². The molecule has 66 valence electrons. The summed E-state index contributed by atoms with van der Waals surface area (Å²) in [7, 11) is 0. The highest BCUT2D eigenvalue weighted by molar-refractivity contribution is 5.33. The molecule has 0 aromatic rings. The molecule has 0 aromatic carbocycles. The van der Waals surface area contributed by atoms with Gasteiger partial charge >= 0.3 is 0 Å². The lowest BCUT2D eigenvalue weighted by Gasteiger charge is -2.40. The highest BCUT2D eigenvalue weighted by Gasteiger charge is 2.31. The molecule has 0 saturated carbocycles. The summed E-state index contributed by atoms with van der Waals surface area (Å²) >= 11 is 0. The Morgan fingerprint density at radius 1 is 1.33 bits per heavy atom. The summed E-state index contributed by atoms with van der Waals surface area (Å²) in [5, 5.41) is 0. The molecule has 0 aromatic heterocycles. The Kier molecular flexibility index (Phi) is 2.24. The predicted molar refractivity (Wildman–Crippen MR) is 45.7 cm³/mol. The molecule has 2 rings (SSSR count).